The van der Waals surface area contributed by atoms with Crippen LogP contribution in [0.4, 0.5) is 0 Å². The maximum Gasteiger partial charge on any atom is 0.384 e. The van der Waals surface area contributed by atoms with Crippen molar-refractivity contribution in [2.24, 2.45) is 54.7 Å². The van der Waals surface area contributed by atoms with Crippen LogP contribution in [0.25, 0.3) is 0 Å². The van der Waals surface area contributed by atoms with Gasteiger partial charge in [-0.3, -0.25) is 28.8 Å². The highest BCUT2D eigenvalue weighted by molar-refractivity contribution is 5.96. The van der Waals surface area contributed by atoms with Gasteiger partial charge in [0.05, 0.1) is 19.3 Å². The molecular weight excluding hydrogens is 1300 g/mol. The molecule has 2 fully saturated rings. The molecule has 0 aromatic rings. The molecule has 104 heavy (non-hydrogen) atoms. The largest absolute Gasteiger partial charge is 0.462 e. The van der Waals surface area contributed by atoms with Gasteiger partial charge >= 0.3 is 11.9 Å². The van der Waals surface area contributed by atoms with Crippen molar-refractivity contribution in [2.45, 2.75) is 218 Å². The number of esters is 2. The Morgan fingerprint density at radius 1 is 0.587 bits per heavy atom. The number of Topliss-reactive ketones (excluding diaryl/α,β-unsaturated/α-hetero) is 2. The average Bonchev–Trinajstić information content (AvgIpc) is 1.62. The molecule has 3 rings (SSSR count). The molecule has 2 aliphatic carbocycles. The number of likely N-dealkylation sites (N-methyl/N-ethyl adjacent to an activating group) is 5. The fourth-order valence-electron chi connectivity index (χ4n) is 8.99. The van der Waals surface area contributed by atoms with Gasteiger partial charge in [0.1, 0.15) is 5.41 Å². The zero-order chi connectivity index (χ0) is 82.6. The number of carbonyl (C=O) groups excluding carboxylic acids is 8. The van der Waals surface area contributed by atoms with Gasteiger partial charge in [0.15, 0.2) is 11.6 Å². The van der Waals surface area contributed by atoms with Crippen molar-refractivity contribution in [3.63, 3.8) is 0 Å². The van der Waals surface area contributed by atoms with E-state index in [0.717, 1.165) is 109 Å². The number of allylic oxidation sites excluding steroid dienone is 2. The fourth-order valence-corrected chi connectivity index (χ4v) is 8.99. The van der Waals surface area contributed by atoms with Gasteiger partial charge in [-0.1, -0.05) is 210 Å². The van der Waals surface area contributed by atoms with Gasteiger partial charge in [-0.25, -0.2) is 9.59 Å². The van der Waals surface area contributed by atoms with E-state index in [-0.39, 0.29) is 67.9 Å². The van der Waals surface area contributed by atoms with Crippen molar-refractivity contribution in [1.82, 2.24) is 34.3 Å². The predicted molar refractivity (Wildman–Crippen MR) is 435 cm³/mol. The first kappa shape index (κ1) is 106. The summed E-state index contributed by atoms with van der Waals surface area (Å²) in [7, 11) is 13.7. The van der Waals surface area contributed by atoms with E-state index in [2.05, 4.69) is 140 Å². The second-order valence-electron chi connectivity index (χ2n) is 37.2. The predicted octanol–water partition coefficient (Wildman–Crippen LogP) is 15.8. The second kappa shape index (κ2) is 50.7. The van der Waals surface area contributed by atoms with Crippen LogP contribution >= 0.6 is 0 Å². The van der Waals surface area contributed by atoms with Gasteiger partial charge in [0, 0.05) is 115 Å². The van der Waals surface area contributed by atoms with Crippen molar-refractivity contribution in [3.05, 3.63) is 86.1 Å². The molecule has 0 N–H and O–H groups in total. The first-order valence-corrected chi connectivity index (χ1v) is 36.9. The molecule has 0 spiro atoms. The summed E-state index contributed by atoms with van der Waals surface area (Å²) in [4.78, 5) is 104. The highest BCUT2D eigenvalue weighted by Crippen LogP contribution is 2.49. The van der Waals surface area contributed by atoms with Crippen LogP contribution in [0.1, 0.15) is 218 Å². The zero-order valence-corrected chi connectivity index (χ0v) is 72.1. The Kier molecular flexibility index (Phi) is 51.6. The molecule has 0 aromatic carbocycles. The minimum Gasteiger partial charge on any atom is -0.462 e. The molecule has 1 unspecified atom stereocenters. The van der Waals surface area contributed by atoms with Crippen LogP contribution in [0.2, 0.25) is 0 Å². The summed E-state index contributed by atoms with van der Waals surface area (Å²) in [6, 6.07) is 2.11. The van der Waals surface area contributed by atoms with E-state index in [0.29, 0.717) is 42.3 Å². The molecule has 1 atom stereocenters. The fraction of sp³-hybridized carbons (Fsp3) is 0.709. The average molecular weight is 1460 g/mol. The van der Waals surface area contributed by atoms with Crippen molar-refractivity contribution >= 4 is 47.1 Å². The zero-order valence-electron chi connectivity index (χ0n) is 72.1. The van der Waals surface area contributed by atoms with Gasteiger partial charge in [-0.05, 0) is 143 Å². The van der Waals surface area contributed by atoms with Crippen LogP contribution in [0.3, 0.4) is 0 Å². The summed E-state index contributed by atoms with van der Waals surface area (Å²) in [6.07, 6.45) is 28.4. The lowest BCUT2D eigenvalue weighted by atomic mass is 9.80. The Balaban J connectivity index is -0.000000361. The molecule has 0 radical (unpaired) electrons. The molecule has 1 aliphatic heterocycles. The van der Waals surface area contributed by atoms with E-state index in [1.165, 1.54) is 12.2 Å². The number of ketones is 2. The van der Waals surface area contributed by atoms with Crippen LogP contribution in [-0.4, -0.2) is 209 Å². The highest BCUT2D eigenvalue weighted by Gasteiger charge is 2.53. The molecule has 1 heterocycles. The molecule has 18 nitrogen and oxygen atoms in total. The summed E-state index contributed by atoms with van der Waals surface area (Å²) < 4.78 is 9.48. The summed E-state index contributed by atoms with van der Waals surface area (Å²) in [6.45, 7) is 71.1. The summed E-state index contributed by atoms with van der Waals surface area (Å²) in [5, 5.41) is 8.72. The van der Waals surface area contributed by atoms with E-state index < -0.39 is 11.4 Å². The SMILES string of the molecule is C#CC(=O)OCC(C)(C)C.C=CC(=O)N1CCC(C(C)(C)C)C1.C=CC(=O)OCC(C)(C)C.C=CCN(CC(C)(C)C)C(=O)/C=C/CN(C)C.CC(C)(C)C(=O)C1(C#N)CC1.CC(C)(C)CCC(=O)C1=CCC1.CCN(CC(C)(C)C)C(=O)/C=C/CN(C)C.CN(C)C/C=C/C(=O)N(C)CC(C)(C)C. The third-order valence-electron chi connectivity index (χ3n) is 14.8. The number of carbonyl (C=O) groups is 8. The normalized spacial score (nSPS) is 14.7. The van der Waals surface area contributed by atoms with Gasteiger partial charge in [0.25, 0.3) is 0 Å². The molecule has 596 valence electrons. The number of amides is 4. The standard InChI is InChI=1S/C14H26N2O.C13H26N2O.C12H24N2O.C11H19NO.C11H18O.C9H13NO.C8H14O2.C8H12O2/c1-7-10-16(12-14(2,3)4)13(17)9-8-11-15(5)6;1-7-15(11-13(2,3)4)12(16)9-8-10-14(5)6;1-12(2,3)10-14(6)11(15)8-7-9-13(4)5;1-5-10(13)12-7-6-9(8-12)11(2,3)4;1-11(2,3)8-7-10(12)9-5-4-6-9;1-8(2,3)7(11)9(6-10)4-5-9;2*1-5-7(9)10-6-8(2,3)4/h7-9H,1,10-12H2,2-6H3;8-9H,7,10-11H2,1-6H3;7-8H,9-10H2,1-6H3;5,9H,1,6-8H2,2-4H3;5H,4,6-8H2,1-3H3;4-5H2,1-3H3;5H,1,6H2,2-4H3;1H,6H2,2-4H3/b2*9-8+;8-7+;;;;;. The maximum absolute atomic E-state index is 12.0. The smallest absolute Gasteiger partial charge is 0.384 e. The topological polar surface area (TPSA) is 201 Å². The second-order valence-corrected chi connectivity index (χ2v) is 37.2. The Morgan fingerprint density at radius 3 is 1.29 bits per heavy atom. The number of terminal acetylenes is 1. The number of likely N-dealkylation sites (tertiary alicyclic amines) is 1. The number of nitriles is 1. The lowest BCUT2D eigenvalue weighted by Gasteiger charge is -2.28. The third-order valence-corrected chi connectivity index (χ3v) is 14.8. The van der Waals surface area contributed by atoms with E-state index >= 15 is 0 Å². The third kappa shape index (κ3) is 62.6. The van der Waals surface area contributed by atoms with Crippen molar-refractivity contribution in [3.8, 4) is 18.4 Å². The number of nitrogens with zero attached hydrogens (tertiary/aromatic N) is 8. The lowest BCUT2D eigenvalue weighted by molar-refractivity contribution is -0.140. The quantitative estimate of drug-likeness (QED) is 0.0307. The van der Waals surface area contributed by atoms with Crippen LogP contribution in [-0.2, 0) is 47.8 Å². The number of ether oxygens (including phenoxy) is 2. The minimum absolute atomic E-state index is 0.00743. The van der Waals surface area contributed by atoms with E-state index in [1.54, 1.807) is 29.2 Å². The molecule has 0 bridgehead atoms. The van der Waals surface area contributed by atoms with Crippen molar-refractivity contribution in [1.29, 1.82) is 5.26 Å². The van der Waals surface area contributed by atoms with Gasteiger partial charge < -0.3 is 43.8 Å². The van der Waals surface area contributed by atoms with Gasteiger partial charge in [0.2, 0.25) is 23.6 Å². The monoisotopic (exact) mass is 1460 g/mol. The molecule has 3 aliphatic rings. The number of hydrogen-bond donors (Lipinski definition) is 0. The Hall–Kier alpha value is -6.73. The Bertz CT molecular complexity index is 2820. The van der Waals surface area contributed by atoms with Crippen LogP contribution in [0.5, 0.6) is 0 Å². The molecule has 0 aromatic heterocycles. The molecule has 1 saturated heterocycles. The first-order chi connectivity index (χ1) is 47.0. The van der Waals surface area contributed by atoms with E-state index in [4.69, 9.17) is 16.4 Å². The van der Waals surface area contributed by atoms with Crippen molar-refractivity contribution < 1.29 is 47.8 Å². The number of rotatable bonds is 23. The van der Waals surface area contributed by atoms with E-state index in [1.807, 2.05) is 172 Å². The van der Waals surface area contributed by atoms with Crippen LogP contribution in [0, 0.1) is 78.3 Å². The molecule has 18 heteroatoms. The molecular formula is C86H152N8O10. The van der Waals surface area contributed by atoms with Crippen LogP contribution < -0.4 is 0 Å². The van der Waals surface area contributed by atoms with Crippen molar-refractivity contribution in [2.75, 3.05) is 128 Å². The first-order valence-electron chi connectivity index (χ1n) is 36.9. The van der Waals surface area contributed by atoms with Gasteiger partial charge in [-0.2, -0.15) is 5.26 Å². The minimum atomic E-state index is -0.599. The lowest BCUT2D eigenvalue weighted by Crippen LogP contribution is -2.37. The summed E-state index contributed by atoms with van der Waals surface area (Å²) >= 11 is 0. The molecule has 1 saturated carbocycles. The van der Waals surface area contributed by atoms with Crippen LogP contribution in [0.15, 0.2) is 86.1 Å². The molecule has 4 amide bonds. The highest BCUT2D eigenvalue weighted by atomic mass is 16.5. The van der Waals surface area contributed by atoms with Gasteiger partial charge in [-0.15, -0.1) is 13.0 Å². The summed E-state index contributed by atoms with van der Waals surface area (Å²) in [5.41, 5.74) is 1.17. The van der Waals surface area contributed by atoms with E-state index in [9.17, 15) is 38.4 Å². The Morgan fingerprint density at radius 2 is 1.00 bits per heavy atom. The maximum atomic E-state index is 12.0. The summed E-state index contributed by atoms with van der Waals surface area (Å²) in [5.74, 6) is 2.37. The Labute approximate surface area is 636 Å². The number of hydrogen-bond acceptors (Lipinski definition) is 14.